The Balaban J connectivity index is 3.17. The lowest BCUT2D eigenvalue weighted by atomic mass is 10.3. The molecule has 0 atom stereocenters. The monoisotopic (exact) mass is 191 g/mol. The summed E-state index contributed by atoms with van der Waals surface area (Å²) in [4.78, 5) is 0.942. The lowest BCUT2D eigenvalue weighted by Crippen LogP contribution is -1.76. The zero-order valence-electron chi connectivity index (χ0n) is 5.20. The smallest absolute Gasteiger partial charge is 0.105 e. The quantitative estimate of drug-likeness (QED) is 0.243. The molecule has 0 unspecified atom stereocenters. The van der Waals surface area contributed by atoms with Crippen LogP contribution in [0.25, 0.3) is 0 Å². The van der Waals surface area contributed by atoms with E-state index in [2.05, 4.69) is 5.16 Å². The van der Waals surface area contributed by atoms with Gasteiger partial charge in [0.05, 0.1) is 11.1 Å². The molecule has 0 radical (unpaired) electrons. The summed E-state index contributed by atoms with van der Waals surface area (Å²) in [6, 6.07) is 0. The van der Waals surface area contributed by atoms with Gasteiger partial charge in [-0.2, -0.15) is 0 Å². The molecule has 0 aromatic carbocycles. The van der Waals surface area contributed by atoms with E-state index in [0.717, 1.165) is 14.3 Å². The van der Waals surface area contributed by atoms with Crippen LogP contribution in [0.1, 0.15) is 10.4 Å². The third-order valence-electron chi connectivity index (χ3n) is 1.06. The molecule has 0 bridgehead atoms. The zero-order chi connectivity index (χ0) is 7.56. The molecule has 54 valence electrons. The molecule has 10 heavy (non-hydrogen) atoms. The van der Waals surface area contributed by atoms with Crippen molar-refractivity contribution >= 4 is 39.1 Å². The average Bonchev–Trinajstić information content (AvgIpc) is 2.20. The van der Waals surface area contributed by atoms with E-state index in [1.807, 2.05) is 6.92 Å². The predicted octanol–water partition coefficient (Wildman–Crippen LogP) is 2.66. The highest BCUT2D eigenvalue weighted by Gasteiger charge is 1.99. The molecule has 0 aliphatic carbocycles. The van der Waals surface area contributed by atoms with E-state index in [1.165, 1.54) is 26.9 Å². The van der Waals surface area contributed by atoms with Crippen molar-refractivity contribution in [2.24, 2.45) is 5.16 Å². The lowest BCUT2D eigenvalue weighted by Gasteiger charge is -1.82. The molecule has 2 nitrogen and oxygen atoms in total. The zero-order valence-corrected chi connectivity index (χ0v) is 7.65. The summed E-state index contributed by atoms with van der Waals surface area (Å²) in [5.41, 5.74) is 1.03. The Bertz CT molecular complexity index is 298. The molecule has 1 N–H and O–H groups in total. The maximum atomic E-state index is 8.20. The second-order valence-corrected chi connectivity index (χ2v) is 4.54. The van der Waals surface area contributed by atoms with Crippen LogP contribution >= 0.6 is 32.9 Å². The Hall–Kier alpha value is -0.260. The molecule has 0 saturated heterocycles. The van der Waals surface area contributed by atoms with E-state index in [-0.39, 0.29) is 0 Å². The van der Waals surface area contributed by atoms with Gasteiger partial charge in [-0.1, -0.05) is 38.1 Å². The second-order valence-electron chi connectivity index (χ2n) is 1.69. The molecule has 1 rings (SSSR count). The van der Waals surface area contributed by atoms with Crippen LogP contribution in [0.2, 0.25) is 0 Å². The van der Waals surface area contributed by atoms with Gasteiger partial charge in [0, 0.05) is 0 Å². The first kappa shape index (κ1) is 7.84. The van der Waals surface area contributed by atoms with Crippen LogP contribution in [-0.4, -0.2) is 11.4 Å². The molecule has 1 heterocycles. The predicted molar refractivity (Wildman–Crippen MR) is 47.1 cm³/mol. The van der Waals surface area contributed by atoms with Gasteiger partial charge in [-0.3, -0.25) is 0 Å². The van der Waals surface area contributed by atoms with Crippen molar-refractivity contribution in [1.82, 2.24) is 0 Å². The molecule has 1 aromatic heterocycles. The van der Waals surface area contributed by atoms with Crippen LogP contribution in [0.4, 0.5) is 0 Å². The van der Waals surface area contributed by atoms with Crippen LogP contribution in [-0.2, 0) is 0 Å². The Kier molecular flexibility index (Phi) is 2.53. The van der Waals surface area contributed by atoms with Gasteiger partial charge in [0.1, 0.15) is 3.82 Å². The van der Waals surface area contributed by atoms with Crippen LogP contribution in [0.5, 0.6) is 0 Å². The fraction of sp³-hybridized carbons (Fsp3) is 0.200. The minimum absolute atomic E-state index is 0.875. The summed E-state index contributed by atoms with van der Waals surface area (Å²) in [7, 11) is 3.05. The molecule has 0 amide bonds. The number of hydrogen-bond acceptors (Lipinski definition) is 5. The summed E-state index contributed by atoms with van der Waals surface area (Å²) < 4.78 is 0.875. The third-order valence-corrected chi connectivity index (χ3v) is 4.35. The summed E-state index contributed by atoms with van der Waals surface area (Å²) in [6.45, 7) is 1.92. The van der Waals surface area contributed by atoms with E-state index in [0.29, 0.717) is 0 Å². The maximum Gasteiger partial charge on any atom is 0.105 e. The van der Waals surface area contributed by atoms with Gasteiger partial charge in [-0.05, 0) is 12.5 Å². The molecule has 0 aliphatic heterocycles. The van der Waals surface area contributed by atoms with Crippen molar-refractivity contribution in [2.75, 3.05) is 0 Å². The van der Waals surface area contributed by atoms with Crippen LogP contribution < -0.4 is 0 Å². The van der Waals surface area contributed by atoms with Gasteiger partial charge >= 0.3 is 0 Å². The van der Waals surface area contributed by atoms with E-state index < -0.39 is 0 Å². The lowest BCUT2D eigenvalue weighted by molar-refractivity contribution is 0.322. The first-order valence-corrected chi connectivity index (χ1v) is 5.08. The van der Waals surface area contributed by atoms with Crippen molar-refractivity contribution < 1.29 is 5.21 Å². The first-order valence-electron chi connectivity index (χ1n) is 2.53. The summed E-state index contributed by atoms with van der Waals surface area (Å²) >= 11 is 4.97. The van der Waals surface area contributed by atoms with Gasteiger partial charge in [0.15, 0.2) is 0 Å². The topological polar surface area (TPSA) is 32.6 Å². The Labute approximate surface area is 70.8 Å². The molecular weight excluding hydrogens is 186 g/mol. The Morgan fingerprint density at radius 3 is 2.70 bits per heavy atom. The van der Waals surface area contributed by atoms with E-state index in [1.54, 1.807) is 0 Å². The molecule has 0 fully saturated rings. The van der Waals surface area contributed by atoms with Crippen molar-refractivity contribution in [3.8, 4) is 0 Å². The molecule has 0 spiro atoms. The summed E-state index contributed by atoms with van der Waals surface area (Å²) in [6.07, 6.45) is 1.41. The highest BCUT2D eigenvalue weighted by atomic mass is 32.9. The average molecular weight is 191 g/mol. The van der Waals surface area contributed by atoms with Gasteiger partial charge in [0.25, 0.3) is 0 Å². The Morgan fingerprint density at radius 1 is 1.60 bits per heavy atom. The number of hydrogen-bond donors (Lipinski definition) is 1. The summed E-state index contributed by atoms with van der Waals surface area (Å²) in [5.74, 6) is 0. The fourth-order valence-electron chi connectivity index (χ4n) is 0.479. The number of rotatable bonds is 1. The molecule has 5 heteroatoms. The third kappa shape index (κ3) is 1.42. The van der Waals surface area contributed by atoms with Gasteiger partial charge in [-0.15, -0.1) is 0 Å². The van der Waals surface area contributed by atoms with Crippen LogP contribution in [0, 0.1) is 10.7 Å². The van der Waals surface area contributed by atoms with Crippen LogP contribution in [0.15, 0.2) is 5.16 Å². The minimum Gasteiger partial charge on any atom is -0.411 e. The van der Waals surface area contributed by atoms with Crippen molar-refractivity contribution in [3.05, 3.63) is 14.3 Å². The number of oxime groups is 1. The van der Waals surface area contributed by atoms with Gasteiger partial charge < -0.3 is 5.21 Å². The first-order chi connectivity index (χ1) is 4.75. The largest absolute Gasteiger partial charge is 0.411 e. The highest BCUT2D eigenvalue weighted by molar-refractivity contribution is 7.79. The fourth-order valence-corrected chi connectivity index (χ4v) is 3.12. The molecular formula is C5H5NOS3. The Morgan fingerprint density at radius 2 is 2.30 bits per heavy atom. The minimum atomic E-state index is 0.875. The molecule has 0 saturated carbocycles. The SMILES string of the molecule is Cc1c(/C=N/O)ssc1=S. The van der Waals surface area contributed by atoms with Crippen molar-refractivity contribution in [3.63, 3.8) is 0 Å². The maximum absolute atomic E-state index is 8.20. The van der Waals surface area contributed by atoms with E-state index >= 15 is 0 Å². The second kappa shape index (κ2) is 3.23. The van der Waals surface area contributed by atoms with Crippen LogP contribution in [0.3, 0.4) is 0 Å². The molecule has 1 aromatic rings. The summed E-state index contributed by atoms with van der Waals surface area (Å²) in [5, 5.41) is 11.1. The number of nitrogens with zero attached hydrogens (tertiary/aromatic N) is 1. The van der Waals surface area contributed by atoms with E-state index in [9.17, 15) is 0 Å². The molecule has 0 aliphatic rings. The highest BCUT2D eigenvalue weighted by Crippen LogP contribution is 2.21. The van der Waals surface area contributed by atoms with Crippen molar-refractivity contribution in [1.29, 1.82) is 0 Å². The van der Waals surface area contributed by atoms with Gasteiger partial charge in [0.2, 0.25) is 0 Å². The standard InChI is InChI=1S/C5H5NOS3/c1-3-4(2-6-7)9-10-5(3)8/h2,7H,1H3/b6-2+. The van der Waals surface area contributed by atoms with Gasteiger partial charge in [-0.25, -0.2) is 0 Å². The van der Waals surface area contributed by atoms with Crippen molar-refractivity contribution in [2.45, 2.75) is 6.92 Å². The van der Waals surface area contributed by atoms with E-state index in [4.69, 9.17) is 17.4 Å². The normalized spacial score (nSPS) is 10.9.